The molecule has 0 spiro atoms. The minimum Gasteiger partial charge on any atom is -0.396 e. The van der Waals surface area contributed by atoms with Gasteiger partial charge in [0.05, 0.1) is 0 Å². The molecule has 1 aliphatic rings. The first kappa shape index (κ1) is 21.8. The van der Waals surface area contributed by atoms with Gasteiger partial charge in [-0.25, -0.2) is 0 Å². The van der Waals surface area contributed by atoms with Crippen LogP contribution in [0.3, 0.4) is 0 Å². The molecule has 5 heteroatoms. The molecule has 0 aromatic heterocycles. The number of aliphatic hydroxyl groups excluding tert-OH is 1. The Balaban J connectivity index is 1.46. The van der Waals surface area contributed by atoms with E-state index in [0.717, 1.165) is 45.2 Å². The van der Waals surface area contributed by atoms with Gasteiger partial charge in [0.25, 0.3) is 5.91 Å². The van der Waals surface area contributed by atoms with Crippen molar-refractivity contribution in [2.75, 3.05) is 20.2 Å². The summed E-state index contributed by atoms with van der Waals surface area (Å²) in [5.41, 5.74) is 3.36. The second-order valence-corrected chi connectivity index (χ2v) is 8.52. The van der Waals surface area contributed by atoms with E-state index in [1.54, 1.807) is 24.3 Å². The number of nitrogens with zero attached hydrogens (tertiary/aromatic N) is 1. The Morgan fingerprint density at radius 2 is 1.72 bits per heavy atom. The molecule has 0 bridgehead atoms. The van der Waals surface area contributed by atoms with Gasteiger partial charge in [0.2, 0.25) is 0 Å². The number of hydrogen-bond acceptors (Lipinski definition) is 3. The second kappa shape index (κ2) is 10.8. The average molecular weight is 415 g/mol. The third-order valence-corrected chi connectivity index (χ3v) is 6.02. The molecule has 0 saturated heterocycles. The molecular weight excluding hydrogens is 384 g/mol. The van der Waals surface area contributed by atoms with Gasteiger partial charge < -0.3 is 15.3 Å². The first-order chi connectivity index (χ1) is 14.0. The van der Waals surface area contributed by atoms with E-state index in [-0.39, 0.29) is 18.6 Å². The molecule has 0 unspecified atom stereocenters. The molecule has 3 rings (SSSR count). The van der Waals surface area contributed by atoms with Crippen molar-refractivity contribution in [2.24, 2.45) is 0 Å². The molecule has 0 atom stereocenters. The van der Waals surface area contributed by atoms with Gasteiger partial charge in [-0.05, 0) is 80.5 Å². The summed E-state index contributed by atoms with van der Waals surface area (Å²) in [6.45, 7) is 2.06. The highest BCUT2D eigenvalue weighted by Gasteiger charge is 2.23. The summed E-state index contributed by atoms with van der Waals surface area (Å²) in [5, 5.41) is 12.8. The van der Waals surface area contributed by atoms with E-state index in [1.165, 1.54) is 11.1 Å². The van der Waals surface area contributed by atoms with Crippen molar-refractivity contribution in [1.82, 2.24) is 10.2 Å². The van der Waals surface area contributed by atoms with Gasteiger partial charge in [0.15, 0.2) is 0 Å². The van der Waals surface area contributed by atoms with E-state index in [9.17, 15) is 4.79 Å². The number of carbonyl (C=O) groups excluding carboxylic acids is 1. The van der Waals surface area contributed by atoms with Crippen LogP contribution >= 0.6 is 11.6 Å². The third-order valence-electron chi connectivity index (χ3n) is 5.77. The van der Waals surface area contributed by atoms with Gasteiger partial charge in [0, 0.05) is 36.3 Å². The summed E-state index contributed by atoms with van der Waals surface area (Å²) < 4.78 is 0. The molecule has 156 valence electrons. The minimum atomic E-state index is -0.0141. The Morgan fingerprint density at radius 3 is 2.34 bits per heavy atom. The molecule has 1 amide bonds. The van der Waals surface area contributed by atoms with Crippen LogP contribution in [0.2, 0.25) is 5.02 Å². The molecule has 4 nitrogen and oxygen atoms in total. The van der Waals surface area contributed by atoms with Crippen molar-refractivity contribution in [2.45, 2.75) is 50.6 Å². The van der Waals surface area contributed by atoms with Gasteiger partial charge in [-0.3, -0.25) is 4.79 Å². The maximum atomic E-state index is 12.4. The number of carbonyl (C=O) groups is 1. The molecule has 1 aliphatic carbocycles. The van der Waals surface area contributed by atoms with Gasteiger partial charge in [0.1, 0.15) is 0 Å². The van der Waals surface area contributed by atoms with Crippen LogP contribution in [0.5, 0.6) is 0 Å². The molecular formula is C24H31ClN2O2. The first-order valence-corrected chi connectivity index (χ1v) is 10.9. The fourth-order valence-electron chi connectivity index (χ4n) is 4.07. The van der Waals surface area contributed by atoms with E-state index in [0.29, 0.717) is 16.5 Å². The average Bonchev–Trinajstić information content (AvgIpc) is 2.74. The van der Waals surface area contributed by atoms with Crippen molar-refractivity contribution >= 4 is 17.5 Å². The van der Waals surface area contributed by atoms with E-state index in [2.05, 4.69) is 41.5 Å². The highest BCUT2D eigenvalue weighted by molar-refractivity contribution is 6.30. The van der Waals surface area contributed by atoms with Crippen LogP contribution in [0, 0.1) is 0 Å². The van der Waals surface area contributed by atoms with Crippen molar-refractivity contribution in [3.05, 3.63) is 70.2 Å². The molecule has 0 radical (unpaired) electrons. The van der Waals surface area contributed by atoms with E-state index in [1.807, 2.05) is 0 Å². The summed E-state index contributed by atoms with van der Waals surface area (Å²) in [6.07, 6.45) is 5.03. The molecule has 0 heterocycles. The summed E-state index contributed by atoms with van der Waals surface area (Å²) in [4.78, 5) is 14.6. The topological polar surface area (TPSA) is 52.6 Å². The maximum Gasteiger partial charge on any atom is 0.251 e. The zero-order valence-electron chi connectivity index (χ0n) is 17.1. The highest BCUT2D eigenvalue weighted by Crippen LogP contribution is 2.33. The maximum absolute atomic E-state index is 12.4. The largest absolute Gasteiger partial charge is 0.396 e. The lowest BCUT2D eigenvalue weighted by molar-refractivity contribution is 0.0926. The lowest BCUT2D eigenvalue weighted by Crippen LogP contribution is -2.37. The lowest BCUT2D eigenvalue weighted by Gasteiger charge is -2.29. The molecule has 2 N–H and O–H groups in total. The summed E-state index contributed by atoms with van der Waals surface area (Å²) in [7, 11) is 2.09. The Hall–Kier alpha value is -1.88. The summed E-state index contributed by atoms with van der Waals surface area (Å²) in [5.74, 6) is 0.555. The van der Waals surface area contributed by atoms with Gasteiger partial charge in [-0.1, -0.05) is 35.9 Å². The van der Waals surface area contributed by atoms with Gasteiger partial charge in [-0.2, -0.15) is 0 Å². The number of hydrogen-bond donors (Lipinski definition) is 2. The SMILES string of the molecule is CN(CCCO)Cc1ccc([C@H]2CC[C@H](NC(=O)c3ccc(Cl)cc3)CC2)cc1. The van der Waals surface area contributed by atoms with Crippen LogP contribution < -0.4 is 5.32 Å². The van der Waals surface area contributed by atoms with Crippen LogP contribution in [0.15, 0.2) is 48.5 Å². The Bertz CT molecular complexity index is 768. The smallest absolute Gasteiger partial charge is 0.251 e. The molecule has 29 heavy (non-hydrogen) atoms. The number of halogens is 1. The van der Waals surface area contributed by atoms with Crippen LogP contribution in [-0.2, 0) is 6.54 Å². The molecule has 2 aromatic carbocycles. The van der Waals surface area contributed by atoms with Crippen LogP contribution in [0.4, 0.5) is 0 Å². The van der Waals surface area contributed by atoms with Crippen molar-refractivity contribution < 1.29 is 9.90 Å². The number of rotatable bonds is 8. The normalized spacial score (nSPS) is 19.3. The Kier molecular flexibility index (Phi) is 8.10. The van der Waals surface area contributed by atoms with E-state index < -0.39 is 0 Å². The summed E-state index contributed by atoms with van der Waals surface area (Å²) >= 11 is 5.89. The second-order valence-electron chi connectivity index (χ2n) is 8.09. The zero-order valence-corrected chi connectivity index (χ0v) is 17.9. The predicted octanol–water partition coefficient (Wildman–Crippen LogP) is 4.61. The highest BCUT2D eigenvalue weighted by atomic mass is 35.5. The molecule has 0 aliphatic heterocycles. The van der Waals surface area contributed by atoms with Crippen molar-refractivity contribution in [3.8, 4) is 0 Å². The number of aliphatic hydroxyl groups is 1. The standard InChI is InChI=1S/C24H31ClN2O2/c1-27(15-2-16-28)17-18-3-5-19(6-4-18)20-9-13-23(14-10-20)26-24(29)21-7-11-22(25)12-8-21/h3-8,11-12,20,23,28H,2,9-10,13-17H2,1H3,(H,26,29)/t20-,23-. The van der Waals surface area contributed by atoms with Gasteiger partial charge in [-0.15, -0.1) is 0 Å². The minimum absolute atomic E-state index is 0.0141. The van der Waals surface area contributed by atoms with Gasteiger partial charge >= 0.3 is 0 Å². The molecule has 2 aromatic rings. The molecule has 1 saturated carbocycles. The quantitative estimate of drug-likeness (QED) is 0.663. The van der Waals surface area contributed by atoms with E-state index >= 15 is 0 Å². The number of amides is 1. The van der Waals surface area contributed by atoms with Crippen LogP contribution in [0.1, 0.15) is 59.5 Å². The lowest BCUT2D eigenvalue weighted by atomic mass is 9.81. The monoisotopic (exact) mass is 414 g/mol. The van der Waals surface area contributed by atoms with Crippen molar-refractivity contribution in [1.29, 1.82) is 0 Å². The predicted molar refractivity (Wildman–Crippen MR) is 118 cm³/mol. The van der Waals surface area contributed by atoms with Crippen LogP contribution in [0.25, 0.3) is 0 Å². The summed E-state index contributed by atoms with van der Waals surface area (Å²) in [6, 6.07) is 16.2. The fourth-order valence-corrected chi connectivity index (χ4v) is 4.19. The van der Waals surface area contributed by atoms with E-state index in [4.69, 9.17) is 16.7 Å². The zero-order chi connectivity index (χ0) is 20.6. The Labute approximate surface area is 178 Å². The van der Waals surface area contributed by atoms with Crippen LogP contribution in [-0.4, -0.2) is 42.2 Å². The third kappa shape index (κ3) is 6.56. The van der Waals surface area contributed by atoms with Crippen molar-refractivity contribution in [3.63, 3.8) is 0 Å². The number of benzene rings is 2. The first-order valence-electron chi connectivity index (χ1n) is 10.5. The molecule has 1 fully saturated rings. The Morgan fingerprint density at radius 1 is 1.07 bits per heavy atom. The number of nitrogens with one attached hydrogen (secondary N) is 1. The fraction of sp³-hybridized carbons (Fsp3) is 0.458.